The number of rotatable bonds is 8. The first-order valence-electron chi connectivity index (χ1n) is 7.74. The first-order valence-corrected chi connectivity index (χ1v) is 7.74. The molecule has 1 rings (SSSR count). The van der Waals surface area contributed by atoms with Crippen molar-refractivity contribution in [3.8, 4) is 11.5 Å². The van der Waals surface area contributed by atoms with Gasteiger partial charge in [-0.15, -0.1) is 24.0 Å². The third-order valence-electron chi connectivity index (χ3n) is 3.33. The first kappa shape index (κ1) is 24.6. The molecule has 0 radical (unpaired) electrons. The van der Waals surface area contributed by atoms with Gasteiger partial charge in [-0.3, -0.25) is 9.89 Å². The Morgan fingerprint density at radius 1 is 1.19 bits per heavy atom. The fraction of sp³-hybridized carbons (Fsp3) is 0.562. The van der Waals surface area contributed by atoms with Crippen molar-refractivity contribution in [1.82, 2.24) is 10.2 Å². The molecule has 0 amide bonds. The summed E-state index contributed by atoms with van der Waals surface area (Å²) in [4.78, 5) is 5.33. The van der Waals surface area contributed by atoms with Gasteiger partial charge in [-0.25, -0.2) is 0 Å². The number of alkyl halides is 3. The molecule has 0 aliphatic heterocycles. The van der Waals surface area contributed by atoms with E-state index in [0.717, 1.165) is 5.69 Å². The van der Waals surface area contributed by atoms with Crippen LogP contribution in [-0.4, -0.2) is 65.0 Å². The topological polar surface area (TPSA) is 58.1 Å². The Balaban J connectivity index is 0.00000625. The highest BCUT2D eigenvalue weighted by Crippen LogP contribution is 2.29. The van der Waals surface area contributed by atoms with E-state index >= 15 is 0 Å². The Labute approximate surface area is 169 Å². The summed E-state index contributed by atoms with van der Waals surface area (Å²) >= 11 is 0. The van der Waals surface area contributed by atoms with Gasteiger partial charge in [0.2, 0.25) is 0 Å². The van der Waals surface area contributed by atoms with E-state index in [1.165, 1.54) is 11.9 Å². The van der Waals surface area contributed by atoms with Crippen molar-refractivity contribution < 1.29 is 22.6 Å². The number of anilines is 1. The molecular formula is C16H26F3IN4O2. The Hall–Kier alpha value is -1.43. The maximum absolute atomic E-state index is 12.3. The normalized spacial score (nSPS) is 11.8. The minimum atomic E-state index is -4.17. The zero-order chi connectivity index (χ0) is 18.9. The van der Waals surface area contributed by atoms with Crippen molar-refractivity contribution in [3.05, 3.63) is 18.2 Å². The van der Waals surface area contributed by atoms with E-state index in [0.29, 0.717) is 37.0 Å². The number of ether oxygens (including phenoxy) is 2. The summed E-state index contributed by atoms with van der Waals surface area (Å²) in [5.41, 5.74) is 0.750. The van der Waals surface area contributed by atoms with E-state index < -0.39 is 12.7 Å². The fourth-order valence-electron chi connectivity index (χ4n) is 2.17. The molecule has 0 heterocycles. The Bertz CT molecular complexity index is 571. The van der Waals surface area contributed by atoms with Gasteiger partial charge >= 0.3 is 6.18 Å². The third kappa shape index (κ3) is 9.32. The standard InChI is InChI=1S/C16H25F3N4O2.HI/c1-20-15(21-8-5-9-23(2)11-16(17,18)19)22-12-6-7-13(24-3)14(10-12)25-4;/h6-7,10H,5,8-9,11H2,1-4H3,(H2,20,21,22);1H. The Kier molecular flexibility index (Phi) is 11.4. The van der Waals surface area contributed by atoms with Gasteiger partial charge in [0.1, 0.15) is 0 Å². The summed E-state index contributed by atoms with van der Waals surface area (Å²) < 4.78 is 47.2. The summed E-state index contributed by atoms with van der Waals surface area (Å²) in [5, 5.41) is 6.15. The monoisotopic (exact) mass is 490 g/mol. The van der Waals surface area contributed by atoms with Crippen molar-refractivity contribution in [1.29, 1.82) is 0 Å². The minimum absolute atomic E-state index is 0. The summed E-state index contributed by atoms with van der Waals surface area (Å²) in [7, 11) is 6.17. The molecule has 0 unspecified atom stereocenters. The van der Waals surface area contributed by atoms with Gasteiger partial charge in [-0.2, -0.15) is 13.2 Å². The van der Waals surface area contributed by atoms with Crippen LogP contribution in [0.3, 0.4) is 0 Å². The molecule has 1 aromatic carbocycles. The van der Waals surface area contributed by atoms with Crippen molar-refractivity contribution in [2.24, 2.45) is 4.99 Å². The Morgan fingerprint density at radius 3 is 2.38 bits per heavy atom. The van der Waals surface area contributed by atoms with E-state index in [2.05, 4.69) is 15.6 Å². The van der Waals surface area contributed by atoms with Crippen molar-refractivity contribution in [3.63, 3.8) is 0 Å². The zero-order valence-electron chi connectivity index (χ0n) is 15.3. The smallest absolute Gasteiger partial charge is 0.401 e. The molecule has 1 aromatic rings. The van der Waals surface area contributed by atoms with Crippen LogP contribution in [0.2, 0.25) is 0 Å². The molecule has 0 saturated heterocycles. The highest BCUT2D eigenvalue weighted by molar-refractivity contribution is 14.0. The van der Waals surface area contributed by atoms with Gasteiger partial charge in [-0.05, 0) is 32.1 Å². The molecule has 150 valence electrons. The van der Waals surface area contributed by atoms with Crippen LogP contribution < -0.4 is 20.1 Å². The average molecular weight is 490 g/mol. The molecule has 0 fully saturated rings. The average Bonchev–Trinajstić information content (AvgIpc) is 2.55. The molecule has 0 spiro atoms. The van der Waals surface area contributed by atoms with E-state index in [1.807, 2.05) is 6.07 Å². The number of hydrogen-bond acceptors (Lipinski definition) is 4. The lowest BCUT2D eigenvalue weighted by Gasteiger charge is -2.19. The van der Waals surface area contributed by atoms with E-state index in [-0.39, 0.29) is 24.0 Å². The summed E-state index contributed by atoms with van der Waals surface area (Å²) in [6.45, 7) is -0.0827. The zero-order valence-corrected chi connectivity index (χ0v) is 17.6. The molecule has 0 aliphatic carbocycles. The van der Waals surface area contributed by atoms with E-state index in [4.69, 9.17) is 9.47 Å². The molecule has 0 atom stereocenters. The molecule has 26 heavy (non-hydrogen) atoms. The molecular weight excluding hydrogens is 464 g/mol. The molecule has 10 heteroatoms. The van der Waals surface area contributed by atoms with Crippen LogP contribution in [-0.2, 0) is 0 Å². The SMILES string of the molecule is CN=C(NCCCN(C)CC(F)(F)F)Nc1ccc(OC)c(OC)c1.I. The van der Waals surface area contributed by atoms with Crippen LogP contribution in [0.5, 0.6) is 11.5 Å². The van der Waals surface area contributed by atoms with Crippen LogP contribution in [0.25, 0.3) is 0 Å². The maximum Gasteiger partial charge on any atom is 0.401 e. The number of methoxy groups -OCH3 is 2. The van der Waals surface area contributed by atoms with Gasteiger partial charge in [0.25, 0.3) is 0 Å². The quantitative estimate of drug-likeness (QED) is 0.254. The summed E-state index contributed by atoms with van der Waals surface area (Å²) in [6, 6.07) is 5.34. The lowest BCUT2D eigenvalue weighted by molar-refractivity contribution is -0.143. The highest BCUT2D eigenvalue weighted by Gasteiger charge is 2.28. The molecule has 6 nitrogen and oxygen atoms in total. The number of aliphatic imine (C=N–C) groups is 1. The van der Waals surface area contributed by atoms with E-state index in [9.17, 15) is 13.2 Å². The third-order valence-corrected chi connectivity index (χ3v) is 3.33. The second kappa shape index (κ2) is 12.0. The molecule has 0 bridgehead atoms. The highest BCUT2D eigenvalue weighted by atomic mass is 127. The Morgan fingerprint density at radius 2 is 1.85 bits per heavy atom. The summed E-state index contributed by atoms with van der Waals surface area (Å²) in [5.74, 6) is 1.71. The van der Waals surface area contributed by atoms with Gasteiger partial charge in [0, 0.05) is 25.3 Å². The maximum atomic E-state index is 12.3. The largest absolute Gasteiger partial charge is 0.493 e. The predicted octanol–water partition coefficient (Wildman–Crippen LogP) is 3.19. The second-order valence-electron chi connectivity index (χ2n) is 5.40. The number of nitrogens with one attached hydrogen (secondary N) is 2. The first-order chi connectivity index (χ1) is 11.8. The summed E-state index contributed by atoms with van der Waals surface area (Å²) in [6.07, 6.45) is -3.62. The van der Waals surface area contributed by atoms with Gasteiger partial charge in [0.05, 0.1) is 20.8 Å². The van der Waals surface area contributed by atoms with Crippen LogP contribution in [0.1, 0.15) is 6.42 Å². The van der Waals surface area contributed by atoms with Crippen LogP contribution in [0, 0.1) is 0 Å². The minimum Gasteiger partial charge on any atom is -0.493 e. The van der Waals surface area contributed by atoms with Crippen LogP contribution in [0.4, 0.5) is 18.9 Å². The number of nitrogens with zero attached hydrogens (tertiary/aromatic N) is 2. The van der Waals surface area contributed by atoms with Crippen LogP contribution in [0.15, 0.2) is 23.2 Å². The molecule has 2 N–H and O–H groups in total. The van der Waals surface area contributed by atoms with Gasteiger partial charge in [0.15, 0.2) is 17.5 Å². The molecule has 0 aliphatic rings. The molecule has 0 saturated carbocycles. The van der Waals surface area contributed by atoms with Crippen molar-refractivity contribution >= 4 is 35.6 Å². The molecule has 0 aromatic heterocycles. The van der Waals surface area contributed by atoms with Crippen molar-refractivity contribution in [2.75, 3.05) is 53.3 Å². The lowest BCUT2D eigenvalue weighted by atomic mass is 10.2. The van der Waals surface area contributed by atoms with Crippen molar-refractivity contribution in [2.45, 2.75) is 12.6 Å². The van der Waals surface area contributed by atoms with Crippen LogP contribution >= 0.6 is 24.0 Å². The number of halogens is 4. The number of hydrogen-bond donors (Lipinski definition) is 2. The van der Waals surface area contributed by atoms with Gasteiger partial charge in [-0.1, -0.05) is 0 Å². The fourth-order valence-corrected chi connectivity index (χ4v) is 2.17. The number of guanidine groups is 1. The number of benzene rings is 1. The predicted molar refractivity (Wildman–Crippen MR) is 108 cm³/mol. The second-order valence-corrected chi connectivity index (χ2v) is 5.40. The van der Waals surface area contributed by atoms with Gasteiger partial charge < -0.3 is 20.1 Å². The lowest BCUT2D eigenvalue weighted by Crippen LogP contribution is -2.35. The van der Waals surface area contributed by atoms with E-state index in [1.54, 1.807) is 33.4 Å².